The van der Waals surface area contributed by atoms with Crippen molar-refractivity contribution in [3.63, 3.8) is 0 Å². The molecule has 0 aliphatic carbocycles. The molecule has 0 saturated heterocycles. The van der Waals surface area contributed by atoms with Gasteiger partial charge in [-0.3, -0.25) is 4.79 Å². The number of aromatic nitrogens is 1. The first kappa shape index (κ1) is 21.1. The van der Waals surface area contributed by atoms with Gasteiger partial charge < -0.3 is 19.7 Å². The monoisotopic (exact) mass is 390 g/mol. The second-order valence-corrected chi connectivity index (χ2v) is 7.38. The molecule has 1 aromatic carbocycles. The van der Waals surface area contributed by atoms with Crippen molar-refractivity contribution >= 4 is 17.8 Å². The molecule has 150 valence electrons. The zero-order valence-corrected chi connectivity index (χ0v) is 16.2. The van der Waals surface area contributed by atoms with E-state index >= 15 is 0 Å². The quantitative estimate of drug-likeness (QED) is 0.739. The lowest BCUT2D eigenvalue weighted by Gasteiger charge is -2.22. The Bertz CT molecular complexity index is 898. The highest BCUT2D eigenvalue weighted by atomic mass is 19.1. The summed E-state index contributed by atoms with van der Waals surface area (Å²) in [5.41, 5.74) is -0.120. The molecule has 0 aliphatic heterocycles. The van der Waals surface area contributed by atoms with Gasteiger partial charge in [0.05, 0.1) is 5.56 Å². The van der Waals surface area contributed by atoms with Gasteiger partial charge in [-0.1, -0.05) is 12.1 Å². The van der Waals surface area contributed by atoms with Crippen LogP contribution in [0.2, 0.25) is 0 Å². The highest BCUT2D eigenvalue weighted by molar-refractivity contribution is 6.09. The molecule has 1 atom stereocenters. The smallest absolute Gasteiger partial charge is 0.408 e. The largest absolute Gasteiger partial charge is 0.480 e. The fourth-order valence-electron chi connectivity index (χ4n) is 2.60. The Balaban J connectivity index is 2.19. The standard InChI is InChI=1S/C20H23FN2O5/c1-20(2,3)28-19(27)22-16(18(25)26)10-13-9-12(11-23(13)4)17(24)14-7-5-6-8-15(14)21/h5-9,11,16H,10H2,1-4H3,(H,22,27)(H,25,26). The molecular weight excluding hydrogens is 367 g/mol. The van der Waals surface area contributed by atoms with Gasteiger partial charge in [0.25, 0.3) is 0 Å². The average molecular weight is 390 g/mol. The molecule has 2 aromatic rings. The summed E-state index contributed by atoms with van der Waals surface area (Å²) in [5, 5.41) is 11.7. The van der Waals surface area contributed by atoms with E-state index in [9.17, 15) is 23.9 Å². The number of carboxylic acids is 1. The van der Waals surface area contributed by atoms with Crippen molar-refractivity contribution in [1.29, 1.82) is 0 Å². The number of benzene rings is 1. The van der Waals surface area contributed by atoms with Crippen LogP contribution in [-0.2, 0) is 23.0 Å². The van der Waals surface area contributed by atoms with Crippen LogP contribution in [0.3, 0.4) is 0 Å². The Morgan fingerprint density at radius 1 is 1.25 bits per heavy atom. The van der Waals surface area contributed by atoms with Gasteiger partial charge >= 0.3 is 12.1 Å². The van der Waals surface area contributed by atoms with Gasteiger partial charge in [-0.05, 0) is 39.0 Å². The third-order valence-electron chi connectivity index (χ3n) is 3.89. The normalized spacial score (nSPS) is 12.3. The van der Waals surface area contributed by atoms with E-state index in [0.717, 1.165) is 0 Å². The maximum atomic E-state index is 13.9. The number of rotatable bonds is 6. The molecule has 0 saturated carbocycles. The van der Waals surface area contributed by atoms with Crippen LogP contribution >= 0.6 is 0 Å². The van der Waals surface area contributed by atoms with Gasteiger partial charge in [0, 0.05) is 30.9 Å². The van der Waals surface area contributed by atoms with Crippen molar-refractivity contribution < 1.29 is 28.6 Å². The first-order valence-electron chi connectivity index (χ1n) is 8.64. The molecular formula is C20H23FN2O5. The molecule has 1 aromatic heterocycles. The number of halogens is 1. The SMILES string of the molecule is Cn1cc(C(=O)c2ccccc2F)cc1CC(NC(=O)OC(C)(C)C)C(=O)O. The molecule has 0 aliphatic rings. The molecule has 2 N–H and O–H groups in total. The van der Waals surface area contributed by atoms with Crippen LogP contribution in [0.15, 0.2) is 36.5 Å². The van der Waals surface area contributed by atoms with Crippen molar-refractivity contribution in [2.75, 3.05) is 0 Å². The third kappa shape index (κ3) is 5.42. The van der Waals surface area contributed by atoms with Gasteiger partial charge in [0.15, 0.2) is 5.78 Å². The number of carboxylic acid groups (broad SMARTS) is 1. The summed E-state index contributed by atoms with van der Waals surface area (Å²) >= 11 is 0. The first-order chi connectivity index (χ1) is 13.0. The van der Waals surface area contributed by atoms with Crippen molar-refractivity contribution in [1.82, 2.24) is 9.88 Å². The van der Waals surface area contributed by atoms with Gasteiger partial charge in [0.1, 0.15) is 17.5 Å². The number of nitrogens with zero attached hydrogens (tertiary/aromatic N) is 1. The molecule has 1 heterocycles. The van der Waals surface area contributed by atoms with E-state index in [2.05, 4.69) is 5.32 Å². The Kier molecular flexibility index (Phi) is 6.23. The van der Waals surface area contributed by atoms with Crippen LogP contribution in [0.4, 0.5) is 9.18 Å². The van der Waals surface area contributed by atoms with Crippen molar-refractivity contribution in [3.05, 3.63) is 59.2 Å². The number of carbonyl (C=O) groups is 3. The first-order valence-corrected chi connectivity index (χ1v) is 8.64. The Labute approximate surface area is 162 Å². The van der Waals surface area contributed by atoms with Crippen LogP contribution in [-0.4, -0.2) is 39.2 Å². The maximum absolute atomic E-state index is 13.9. The summed E-state index contributed by atoms with van der Waals surface area (Å²) in [6, 6.07) is 5.87. The molecule has 7 nitrogen and oxygen atoms in total. The summed E-state index contributed by atoms with van der Waals surface area (Å²) in [7, 11) is 1.64. The van der Waals surface area contributed by atoms with E-state index in [1.807, 2.05) is 0 Å². The second kappa shape index (κ2) is 8.24. The van der Waals surface area contributed by atoms with Crippen LogP contribution < -0.4 is 5.32 Å². The van der Waals surface area contributed by atoms with E-state index in [1.54, 1.807) is 38.5 Å². The molecule has 2 rings (SSSR count). The number of carbonyl (C=O) groups excluding carboxylic acids is 2. The van der Waals surface area contributed by atoms with Gasteiger partial charge in [-0.15, -0.1) is 0 Å². The van der Waals surface area contributed by atoms with Crippen molar-refractivity contribution in [3.8, 4) is 0 Å². The lowest BCUT2D eigenvalue weighted by molar-refractivity contribution is -0.139. The minimum Gasteiger partial charge on any atom is -0.480 e. The summed E-state index contributed by atoms with van der Waals surface area (Å²) < 4.78 is 20.5. The third-order valence-corrected chi connectivity index (χ3v) is 3.89. The topological polar surface area (TPSA) is 97.6 Å². The molecule has 0 fully saturated rings. The van der Waals surface area contributed by atoms with E-state index in [4.69, 9.17) is 4.74 Å². The molecule has 1 unspecified atom stereocenters. The summed E-state index contributed by atoms with van der Waals surface area (Å²) in [6.07, 6.45) is 0.573. The molecule has 0 spiro atoms. The minimum absolute atomic E-state index is 0.0682. The number of ketones is 1. The highest BCUT2D eigenvalue weighted by Gasteiger charge is 2.26. The summed E-state index contributed by atoms with van der Waals surface area (Å²) in [6.45, 7) is 5.00. The number of amides is 1. The average Bonchev–Trinajstić information content (AvgIpc) is 2.93. The van der Waals surface area contributed by atoms with E-state index in [1.165, 1.54) is 30.5 Å². The molecule has 8 heteroatoms. The summed E-state index contributed by atoms with van der Waals surface area (Å²) in [4.78, 5) is 35.9. The summed E-state index contributed by atoms with van der Waals surface area (Å²) in [5.74, 6) is -2.38. The number of hydrogen-bond donors (Lipinski definition) is 2. The van der Waals surface area contributed by atoms with Crippen molar-refractivity contribution in [2.45, 2.75) is 38.8 Å². The van der Waals surface area contributed by atoms with E-state index in [-0.39, 0.29) is 17.5 Å². The molecule has 0 radical (unpaired) electrons. The highest BCUT2D eigenvalue weighted by Crippen LogP contribution is 2.17. The minimum atomic E-state index is -1.25. The van der Waals surface area contributed by atoms with Gasteiger partial charge in [0.2, 0.25) is 0 Å². The Morgan fingerprint density at radius 3 is 2.46 bits per heavy atom. The lowest BCUT2D eigenvalue weighted by Crippen LogP contribution is -2.44. The lowest BCUT2D eigenvalue weighted by atomic mass is 10.0. The molecule has 28 heavy (non-hydrogen) atoms. The van der Waals surface area contributed by atoms with Crippen molar-refractivity contribution in [2.24, 2.45) is 7.05 Å². The molecule has 0 bridgehead atoms. The van der Waals surface area contributed by atoms with Gasteiger partial charge in [-0.25, -0.2) is 14.0 Å². The Morgan fingerprint density at radius 2 is 1.89 bits per heavy atom. The van der Waals surface area contributed by atoms with Crippen LogP contribution in [0.1, 0.15) is 42.4 Å². The number of alkyl carbamates (subject to hydrolysis) is 1. The zero-order chi connectivity index (χ0) is 21.1. The number of hydrogen-bond acceptors (Lipinski definition) is 4. The predicted molar refractivity (Wildman–Crippen MR) is 99.7 cm³/mol. The number of nitrogens with one attached hydrogen (secondary N) is 1. The molecule has 1 amide bonds. The van der Waals surface area contributed by atoms with Crippen LogP contribution in [0, 0.1) is 5.82 Å². The number of aliphatic carboxylic acids is 1. The van der Waals surface area contributed by atoms with Gasteiger partial charge in [-0.2, -0.15) is 0 Å². The maximum Gasteiger partial charge on any atom is 0.408 e. The Hall–Kier alpha value is -3.16. The van der Waals surface area contributed by atoms with Crippen LogP contribution in [0.25, 0.3) is 0 Å². The fraction of sp³-hybridized carbons (Fsp3) is 0.350. The fourth-order valence-corrected chi connectivity index (χ4v) is 2.60. The predicted octanol–water partition coefficient (Wildman–Crippen LogP) is 2.92. The number of ether oxygens (including phenoxy) is 1. The van der Waals surface area contributed by atoms with Crippen LogP contribution in [0.5, 0.6) is 0 Å². The van der Waals surface area contributed by atoms with E-state index < -0.39 is 35.3 Å². The zero-order valence-electron chi connectivity index (χ0n) is 16.2. The number of aryl methyl sites for hydroxylation is 1. The second-order valence-electron chi connectivity index (χ2n) is 7.38. The van der Waals surface area contributed by atoms with E-state index in [0.29, 0.717) is 5.69 Å².